The van der Waals surface area contributed by atoms with E-state index in [0.29, 0.717) is 0 Å². The van der Waals surface area contributed by atoms with Crippen LogP contribution in [0.1, 0.15) is 12.8 Å². The van der Waals surface area contributed by atoms with Crippen molar-refractivity contribution in [2.45, 2.75) is 21.8 Å². The standard InChI is InChI=1S/C4H8N.CH3.Sn/c1-2-4-5-3-1;;/h3,5H,1-2,4H2;1H3;. The molecule has 2 radical (unpaired) electrons. The zero-order valence-electron chi connectivity index (χ0n) is 4.70. The number of hydrogen-bond acceptors (Lipinski definition) is 1. The molecule has 2 heteroatoms. The van der Waals surface area contributed by atoms with Crippen LogP contribution in [-0.4, -0.2) is 31.7 Å². The van der Waals surface area contributed by atoms with Crippen molar-refractivity contribution in [3.8, 4) is 0 Å². The normalized spacial score (nSPS) is 31.3. The summed E-state index contributed by atoms with van der Waals surface area (Å²) < 4.78 is 1.02. The molecule has 0 aliphatic carbocycles. The Hall–Kier alpha value is 0.759. The van der Waals surface area contributed by atoms with Gasteiger partial charge in [0, 0.05) is 0 Å². The summed E-state index contributed by atoms with van der Waals surface area (Å²) in [5.41, 5.74) is 0. The van der Waals surface area contributed by atoms with Crippen molar-refractivity contribution in [3.05, 3.63) is 0 Å². The molecule has 0 aromatic heterocycles. The van der Waals surface area contributed by atoms with Gasteiger partial charge >= 0.3 is 54.8 Å². The third-order valence-electron chi connectivity index (χ3n) is 1.41. The first-order valence-electron chi connectivity index (χ1n) is 2.84. The van der Waals surface area contributed by atoms with Crippen LogP contribution in [0.3, 0.4) is 0 Å². The van der Waals surface area contributed by atoms with Gasteiger partial charge in [-0.25, -0.2) is 0 Å². The van der Waals surface area contributed by atoms with Crippen LogP contribution in [0.5, 0.6) is 0 Å². The van der Waals surface area contributed by atoms with Gasteiger partial charge in [0.1, 0.15) is 0 Å². The Kier molecular flexibility index (Phi) is 2.46. The molecule has 1 unspecified atom stereocenters. The van der Waals surface area contributed by atoms with Crippen molar-refractivity contribution in [2.75, 3.05) is 6.54 Å². The average molecular weight is 204 g/mol. The molecule has 0 aromatic carbocycles. The van der Waals surface area contributed by atoms with Crippen molar-refractivity contribution < 1.29 is 0 Å². The Morgan fingerprint density at radius 3 is 2.86 bits per heavy atom. The fourth-order valence-corrected chi connectivity index (χ4v) is 3.33. The van der Waals surface area contributed by atoms with Gasteiger partial charge in [0.05, 0.1) is 0 Å². The van der Waals surface area contributed by atoms with Gasteiger partial charge in [0.15, 0.2) is 0 Å². The van der Waals surface area contributed by atoms with E-state index in [4.69, 9.17) is 0 Å². The Labute approximate surface area is 55.1 Å². The topological polar surface area (TPSA) is 12.0 Å². The van der Waals surface area contributed by atoms with Gasteiger partial charge < -0.3 is 0 Å². The average Bonchev–Trinajstić information content (AvgIpc) is 2.14. The van der Waals surface area contributed by atoms with Crippen LogP contribution in [0.25, 0.3) is 0 Å². The van der Waals surface area contributed by atoms with Crippen molar-refractivity contribution in [1.29, 1.82) is 0 Å². The predicted molar refractivity (Wildman–Crippen MR) is 32.6 cm³/mol. The molecule has 40 valence electrons. The van der Waals surface area contributed by atoms with Gasteiger partial charge in [-0.2, -0.15) is 0 Å². The molecule has 1 aliphatic heterocycles. The summed E-state index contributed by atoms with van der Waals surface area (Å²) in [6.45, 7) is 1.29. The molecule has 1 fully saturated rings. The van der Waals surface area contributed by atoms with Gasteiger partial charge in [-0.1, -0.05) is 0 Å². The summed E-state index contributed by atoms with van der Waals surface area (Å²) in [4.78, 5) is 2.41. The molecular formula is C5H11NSn. The summed E-state index contributed by atoms with van der Waals surface area (Å²) in [5.74, 6) is 0. The molecule has 0 spiro atoms. The van der Waals surface area contributed by atoms with Gasteiger partial charge in [0.25, 0.3) is 0 Å². The molecule has 7 heavy (non-hydrogen) atoms. The van der Waals surface area contributed by atoms with E-state index in [2.05, 4.69) is 10.3 Å². The van der Waals surface area contributed by atoms with Crippen LogP contribution in [0.15, 0.2) is 0 Å². The maximum absolute atomic E-state index is 3.48. The second-order valence-corrected chi connectivity index (χ2v) is 5.57. The summed E-state index contributed by atoms with van der Waals surface area (Å²) >= 11 is 0.0494. The molecule has 0 saturated carbocycles. The first-order valence-corrected chi connectivity index (χ1v) is 7.34. The second-order valence-electron chi connectivity index (χ2n) is 1.94. The summed E-state index contributed by atoms with van der Waals surface area (Å²) in [7, 11) is 0. The van der Waals surface area contributed by atoms with Crippen molar-refractivity contribution >= 4 is 21.1 Å². The second kappa shape index (κ2) is 2.92. The van der Waals surface area contributed by atoms with Crippen molar-refractivity contribution in [3.63, 3.8) is 0 Å². The molecule has 1 nitrogen and oxygen atoms in total. The summed E-state index contributed by atoms with van der Waals surface area (Å²) in [6.07, 6.45) is 2.90. The SMILES string of the molecule is [CH3][Sn][CH]1CCCN1. The van der Waals surface area contributed by atoms with Gasteiger partial charge in [0.2, 0.25) is 0 Å². The molecule has 1 atom stereocenters. The molecule has 0 aromatic rings. The Morgan fingerprint density at radius 2 is 2.57 bits per heavy atom. The van der Waals surface area contributed by atoms with E-state index >= 15 is 0 Å². The molecule has 1 N–H and O–H groups in total. The molecule has 1 rings (SSSR count). The predicted octanol–water partition coefficient (Wildman–Crippen LogP) is 0.448. The van der Waals surface area contributed by atoms with Gasteiger partial charge in [-0.15, -0.1) is 0 Å². The van der Waals surface area contributed by atoms with Crippen LogP contribution in [0, 0.1) is 0 Å². The molecule has 1 saturated heterocycles. The zero-order valence-corrected chi connectivity index (χ0v) is 7.55. The maximum atomic E-state index is 3.48. The van der Waals surface area contributed by atoms with E-state index in [1.807, 2.05) is 0 Å². The van der Waals surface area contributed by atoms with Crippen molar-refractivity contribution in [2.24, 2.45) is 0 Å². The van der Waals surface area contributed by atoms with E-state index in [0.717, 1.165) is 4.06 Å². The Morgan fingerprint density at radius 1 is 1.71 bits per heavy atom. The van der Waals surface area contributed by atoms with E-state index in [9.17, 15) is 0 Å². The Balaban J connectivity index is 2.14. The van der Waals surface area contributed by atoms with Crippen molar-refractivity contribution in [1.82, 2.24) is 5.32 Å². The molecule has 0 bridgehead atoms. The quantitative estimate of drug-likeness (QED) is 0.611. The fourth-order valence-electron chi connectivity index (χ4n) is 0.931. The first-order chi connectivity index (χ1) is 3.43. The third-order valence-corrected chi connectivity index (χ3v) is 4.80. The van der Waals surface area contributed by atoms with E-state index in [1.54, 1.807) is 0 Å². The van der Waals surface area contributed by atoms with Crippen LogP contribution >= 0.6 is 0 Å². The summed E-state index contributed by atoms with van der Waals surface area (Å²) in [6, 6.07) is 0. The Bertz CT molecular complexity index is 50.0. The number of hydrogen-bond donors (Lipinski definition) is 1. The van der Waals surface area contributed by atoms with E-state index < -0.39 is 0 Å². The van der Waals surface area contributed by atoms with Crippen LogP contribution in [-0.2, 0) is 0 Å². The number of nitrogens with one attached hydrogen (secondary N) is 1. The third kappa shape index (κ3) is 1.61. The minimum atomic E-state index is 0.0494. The monoisotopic (exact) mass is 205 g/mol. The van der Waals surface area contributed by atoms with Crippen LogP contribution in [0.4, 0.5) is 0 Å². The van der Waals surface area contributed by atoms with Gasteiger partial charge in [-0.3, -0.25) is 0 Å². The van der Waals surface area contributed by atoms with E-state index in [-0.39, 0.29) is 21.1 Å². The van der Waals surface area contributed by atoms with Gasteiger partial charge in [-0.05, 0) is 0 Å². The van der Waals surface area contributed by atoms with Crippen LogP contribution < -0.4 is 5.32 Å². The fraction of sp³-hybridized carbons (Fsp3) is 1.00. The minimum absolute atomic E-state index is 0.0494. The number of rotatable bonds is 1. The molecule has 1 heterocycles. The molecular weight excluding hydrogens is 193 g/mol. The van der Waals surface area contributed by atoms with Crippen LogP contribution in [0.2, 0.25) is 4.94 Å². The first kappa shape index (κ1) is 5.89. The molecule has 0 amide bonds. The molecule has 1 aliphatic rings. The summed E-state index contributed by atoms with van der Waals surface area (Å²) in [5, 5.41) is 3.48. The zero-order chi connectivity index (χ0) is 5.11. The van der Waals surface area contributed by atoms with E-state index in [1.165, 1.54) is 19.4 Å².